The minimum absolute atomic E-state index is 0.312. The van der Waals surface area contributed by atoms with Crippen LogP contribution in [0.15, 0.2) is 24.3 Å². The first kappa shape index (κ1) is 12.0. The lowest BCUT2D eigenvalue weighted by molar-refractivity contribution is -0.146. The van der Waals surface area contributed by atoms with Crippen molar-refractivity contribution in [2.24, 2.45) is 0 Å². The number of hydrogen-bond donors (Lipinski definition) is 0. The van der Waals surface area contributed by atoms with Crippen LogP contribution in [0.25, 0.3) is 0 Å². The van der Waals surface area contributed by atoms with Crippen LogP contribution in [0.4, 0.5) is 0 Å². The smallest absolute Gasteiger partial charge is 0.327 e. The van der Waals surface area contributed by atoms with E-state index in [0.29, 0.717) is 5.02 Å². The fourth-order valence-electron chi connectivity index (χ4n) is 1.42. The Balaban J connectivity index is 3.10. The fourth-order valence-corrected chi connectivity index (χ4v) is 1.66. The first-order valence-corrected chi connectivity index (χ1v) is 4.94. The summed E-state index contributed by atoms with van der Waals surface area (Å²) in [6.07, 6.45) is 0. The third-order valence-corrected chi connectivity index (χ3v) is 2.48. The molecule has 0 saturated heterocycles. The molecule has 15 heavy (non-hydrogen) atoms. The van der Waals surface area contributed by atoms with E-state index in [0.717, 1.165) is 5.56 Å². The highest BCUT2D eigenvalue weighted by Crippen LogP contribution is 2.26. The number of benzene rings is 1. The third-order valence-electron chi connectivity index (χ3n) is 2.14. The highest BCUT2D eigenvalue weighted by Gasteiger charge is 2.25. The van der Waals surface area contributed by atoms with Gasteiger partial charge in [-0.25, -0.2) is 4.79 Å². The molecule has 1 unspecified atom stereocenters. The Morgan fingerprint density at radius 3 is 2.47 bits per heavy atom. The largest absolute Gasteiger partial charge is 0.468 e. The number of esters is 1. The molecule has 0 aliphatic carbocycles. The summed E-state index contributed by atoms with van der Waals surface area (Å²) in [6.45, 7) is 0. The van der Waals surface area contributed by atoms with E-state index in [2.05, 4.69) is 0 Å². The maximum absolute atomic E-state index is 11.6. The van der Waals surface area contributed by atoms with Crippen molar-refractivity contribution in [3.8, 4) is 0 Å². The van der Waals surface area contributed by atoms with E-state index in [9.17, 15) is 4.79 Å². The Labute approximate surface area is 94.6 Å². The summed E-state index contributed by atoms with van der Waals surface area (Å²) in [5.41, 5.74) is 0.760. The Morgan fingerprint density at radius 1 is 1.40 bits per heavy atom. The minimum Gasteiger partial charge on any atom is -0.468 e. The molecular formula is C11H14ClNO2. The van der Waals surface area contributed by atoms with Crippen LogP contribution in [0.3, 0.4) is 0 Å². The molecule has 0 N–H and O–H groups in total. The summed E-state index contributed by atoms with van der Waals surface area (Å²) in [5.74, 6) is -0.312. The van der Waals surface area contributed by atoms with Gasteiger partial charge in [0.05, 0.1) is 7.11 Å². The number of hydrogen-bond acceptors (Lipinski definition) is 3. The van der Waals surface area contributed by atoms with E-state index >= 15 is 0 Å². The van der Waals surface area contributed by atoms with Crippen molar-refractivity contribution in [1.82, 2.24) is 4.90 Å². The number of carbonyl (C=O) groups excluding carboxylic acids is 1. The lowest BCUT2D eigenvalue weighted by Crippen LogP contribution is -2.28. The summed E-state index contributed by atoms with van der Waals surface area (Å²) < 4.78 is 4.74. The predicted molar refractivity (Wildman–Crippen MR) is 59.9 cm³/mol. The maximum Gasteiger partial charge on any atom is 0.327 e. The second-order valence-electron chi connectivity index (χ2n) is 3.41. The van der Waals surface area contributed by atoms with Crippen molar-refractivity contribution in [2.75, 3.05) is 21.2 Å². The zero-order chi connectivity index (χ0) is 11.4. The molecule has 0 aromatic heterocycles. The summed E-state index contributed by atoms with van der Waals surface area (Å²) in [4.78, 5) is 13.4. The van der Waals surface area contributed by atoms with Gasteiger partial charge in [-0.2, -0.15) is 0 Å². The number of ether oxygens (including phenoxy) is 1. The van der Waals surface area contributed by atoms with E-state index in [1.54, 1.807) is 11.0 Å². The van der Waals surface area contributed by atoms with Crippen molar-refractivity contribution >= 4 is 17.6 Å². The summed E-state index contributed by atoms with van der Waals surface area (Å²) >= 11 is 6.03. The molecule has 0 amide bonds. The van der Waals surface area contributed by atoms with Gasteiger partial charge < -0.3 is 4.74 Å². The molecule has 0 heterocycles. The Morgan fingerprint density at radius 2 is 2.00 bits per heavy atom. The molecule has 0 bridgehead atoms. The van der Waals surface area contributed by atoms with Crippen LogP contribution in [0.1, 0.15) is 11.6 Å². The highest BCUT2D eigenvalue weighted by molar-refractivity contribution is 6.31. The molecule has 0 aliphatic heterocycles. The quantitative estimate of drug-likeness (QED) is 0.741. The molecule has 0 aliphatic rings. The van der Waals surface area contributed by atoms with Crippen LogP contribution >= 0.6 is 11.6 Å². The van der Waals surface area contributed by atoms with Gasteiger partial charge in [-0.15, -0.1) is 0 Å². The molecule has 0 fully saturated rings. The van der Waals surface area contributed by atoms with Gasteiger partial charge in [0, 0.05) is 5.02 Å². The van der Waals surface area contributed by atoms with E-state index in [-0.39, 0.29) is 5.97 Å². The summed E-state index contributed by atoms with van der Waals surface area (Å²) in [6, 6.07) is 6.81. The molecule has 3 nitrogen and oxygen atoms in total. The van der Waals surface area contributed by atoms with Crippen LogP contribution in [0.2, 0.25) is 5.02 Å². The van der Waals surface area contributed by atoms with Gasteiger partial charge in [0.15, 0.2) is 0 Å². The van der Waals surface area contributed by atoms with E-state index in [4.69, 9.17) is 16.3 Å². The van der Waals surface area contributed by atoms with Crippen molar-refractivity contribution < 1.29 is 9.53 Å². The molecule has 0 radical (unpaired) electrons. The SMILES string of the molecule is COC(=O)C(c1ccccc1Cl)N(C)C. The van der Waals surface area contributed by atoms with Crippen molar-refractivity contribution in [1.29, 1.82) is 0 Å². The van der Waals surface area contributed by atoms with E-state index in [1.807, 2.05) is 32.3 Å². The zero-order valence-electron chi connectivity index (χ0n) is 9.03. The summed E-state index contributed by atoms with van der Waals surface area (Å²) in [5, 5.41) is 0.571. The second kappa shape index (κ2) is 5.14. The van der Waals surface area contributed by atoms with Crippen molar-refractivity contribution in [2.45, 2.75) is 6.04 Å². The predicted octanol–water partition coefficient (Wildman–Crippen LogP) is 2.12. The fraction of sp³-hybridized carbons (Fsp3) is 0.364. The van der Waals surface area contributed by atoms with Crippen LogP contribution in [0, 0.1) is 0 Å². The van der Waals surface area contributed by atoms with Gasteiger partial charge in [0.2, 0.25) is 0 Å². The minimum atomic E-state index is -0.455. The van der Waals surface area contributed by atoms with Gasteiger partial charge in [-0.3, -0.25) is 4.90 Å². The molecule has 82 valence electrons. The molecule has 4 heteroatoms. The van der Waals surface area contributed by atoms with E-state index < -0.39 is 6.04 Å². The Bertz CT molecular complexity index is 352. The van der Waals surface area contributed by atoms with Crippen molar-refractivity contribution in [3.63, 3.8) is 0 Å². The van der Waals surface area contributed by atoms with Gasteiger partial charge in [-0.05, 0) is 25.7 Å². The van der Waals surface area contributed by atoms with Gasteiger partial charge >= 0.3 is 5.97 Å². The maximum atomic E-state index is 11.6. The van der Waals surface area contributed by atoms with Crippen LogP contribution in [-0.4, -0.2) is 32.1 Å². The van der Waals surface area contributed by atoms with E-state index in [1.165, 1.54) is 7.11 Å². The molecule has 1 atom stereocenters. The number of rotatable bonds is 3. The average Bonchev–Trinajstić information content (AvgIpc) is 2.20. The number of halogens is 1. The number of methoxy groups -OCH3 is 1. The second-order valence-corrected chi connectivity index (χ2v) is 3.82. The number of nitrogens with zero attached hydrogens (tertiary/aromatic N) is 1. The lowest BCUT2D eigenvalue weighted by atomic mass is 10.1. The molecule has 0 saturated carbocycles. The van der Waals surface area contributed by atoms with Gasteiger partial charge in [0.1, 0.15) is 6.04 Å². The van der Waals surface area contributed by atoms with Crippen LogP contribution < -0.4 is 0 Å². The lowest BCUT2D eigenvalue weighted by Gasteiger charge is -2.22. The molecule has 1 aromatic carbocycles. The first-order chi connectivity index (χ1) is 7.07. The summed E-state index contributed by atoms with van der Waals surface area (Å²) in [7, 11) is 4.99. The van der Waals surface area contributed by atoms with Crippen LogP contribution in [0.5, 0.6) is 0 Å². The van der Waals surface area contributed by atoms with Gasteiger partial charge in [-0.1, -0.05) is 29.8 Å². The molecular weight excluding hydrogens is 214 g/mol. The van der Waals surface area contributed by atoms with Crippen LogP contribution in [-0.2, 0) is 9.53 Å². The zero-order valence-corrected chi connectivity index (χ0v) is 9.78. The highest BCUT2D eigenvalue weighted by atomic mass is 35.5. The number of likely N-dealkylation sites (N-methyl/N-ethyl adjacent to an activating group) is 1. The molecule has 0 spiro atoms. The normalized spacial score (nSPS) is 12.6. The standard InChI is InChI=1S/C11H14ClNO2/c1-13(2)10(11(14)15-3)8-6-4-5-7-9(8)12/h4-7,10H,1-3H3. The number of carbonyl (C=O) groups is 1. The Hall–Kier alpha value is -1.06. The topological polar surface area (TPSA) is 29.5 Å². The first-order valence-electron chi connectivity index (χ1n) is 4.56. The Kier molecular flexibility index (Phi) is 4.12. The monoisotopic (exact) mass is 227 g/mol. The molecule has 1 rings (SSSR count). The average molecular weight is 228 g/mol. The van der Waals surface area contributed by atoms with Gasteiger partial charge in [0.25, 0.3) is 0 Å². The third kappa shape index (κ3) is 2.70. The van der Waals surface area contributed by atoms with Crippen molar-refractivity contribution in [3.05, 3.63) is 34.9 Å². The molecule has 1 aromatic rings.